The van der Waals surface area contributed by atoms with Crippen LogP contribution >= 0.6 is 0 Å². The first-order chi connectivity index (χ1) is 10.6. The second kappa shape index (κ2) is 6.32. The molecule has 0 amide bonds. The number of piperazine rings is 1. The zero-order valence-corrected chi connectivity index (χ0v) is 12.8. The molecule has 0 spiro atoms. The molecule has 0 saturated carbocycles. The summed E-state index contributed by atoms with van der Waals surface area (Å²) >= 11 is 0. The Bertz CT molecular complexity index is 679. The van der Waals surface area contributed by atoms with Crippen molar-refractivity contribution in [1.29, 1.82) is 0 Å². The van der Waals surface area contributed by atoms with Gasteiger partial charge < -0.3 is 10.0 Å². The number of para-hydroxylation sites is 1. The average molecular weight is 299 g/mol. The molecule has 5 nitrogen and oxygen atoms in total. The quantitative estimate of drug-likeness (QED) is 0.937. The van der Waals surface area contributed by atoms with Crippen molar-refractivity contribution in [2.75, 3.05) is 37.6 Å². The molecule has 0 radical (unpaired) electrons. The first kappa shape index (κ1) is 14.8. The molecule has 1 aliphatic heterocycles. The minimum Gasteiger partial charge on any atom is -0.481 e. The van der Waals surface area contributed by atoms with Crippen LogP contribution in [-0.4, -0.2) is 53.7 Å². The van der Waals surface area contributed by atoms with Crippen molar-refractivity contribution < 1.29 is 9.90 Å². The third-order valence-corrected chi connectivity index (χ3v) is 4.25. The summed E-state index contributed by atoms with van der Waals surface area (Å²) in [6.07, 6.45) is 0.216. The number of hydrogen-bond acceptors (Lipinski definition) is 4. The van der Waals surface area contributed by atoms with Gasteiger partial charge in [0.25, 0.3) is 0 Å². The number of aromatic nitrogens is 1. The van der Waals surface area contributed by atoms with Gasteiger partial charge in [-0.3, -0.25) is 9.69 Å². The lowest BCUT2D eigenvalue weighted by molar-refractivity contribution is -0.137. The van der Waals surface area contributed by atoms with Crippen molar-refractivity contribution >= 4 is 22.7 Å². The molecule has 3 rings (SSSR count). The Hall–Kier alpha value is -2.14. The molecular weight excluding hydrogens is 278 g/mol. The van der Waals surface area contributed by atoms with Crippen LogP contribution in [0.2, 0.25) is 0 Å². The highest BCUT2D eigenvalue weighted by atomic mass is 16.4. The van der Waals surface area contributed by atoms with Crippen LogP contribution in [0.15, 0.2) is 30.3 Å². The number of carbonyl (C=O) groups is 1. The number of carboxylic acid groups (broad SMARTS) is 1. The topological polar surface area (TPSA) is 56.7 Å². The molecular formula is C17H21N3O2. The Morgan fingerprint density at radius 2 is 1.95 bits per heavy atom. The molecule has 0 atom stereocenters. The number of anilines is 1. The molecule has 0 unspecified atom stereocenters. The van der Waals surface area contributed by atoms with Crippen LogP contribution in [0.5, 0.6) is 0 Å². The first-order valence-corrected chi connectivity index (χ1v) is 7.69. The predicted octanol–water partition coefficient (Wildman–Crippen LogP) is 2.14. The molecule has 2 heterocycles. The van der Waals surface area contributed by atoms with E-state index < -0.39 is 5.97 Å². The Morgan fingerprint density at radius 1 is 1.18 bits per heavy atom. The number of benzene rings is 1. The fraction of sp³-hybridized carbons (Fsp3) is 0.412. The van der Waals surface area contributed by atoms with E-state index in [1.54, 1.807) is 0 Å². The van der Waals surface area contributed by atoms with Gasteiger partial charge in [0, 0.05) is 38.1 Å². The molecule has 116 valence electrons. The van der Waals surface area contributed by atoms with Crippen LogP contribution in [0.25, 0.3) is 10.9 Å². The Kier molecular flexibility index (Phi) is 4.24. The van der Waals surface area contributed by atoms with Crippen LogP contribution in [0.4, 0.5) is 5.82 Å². The molecule has 1 fully saturated rings. The maximum absolute atomic E-state index is 10.6. The molecule has 0 bridgehead atoms. The lowest BCUT2D eigenvalue weighted by Gasteiger charge is -2.35. The van der Waals surface area contributed by atoms with Crippen LogP contribution < -0.4 is 4.90 Å². The smallest absolute Gasteiger partial charge is 0.304 e. The molecule has 1 N–H and O–H groups in total. The van der Waals surface area contributed by atoms with E-state index in [9.17, 15) is 4.79 Å². The van der Waals surface area contributed by atoms with E-state index in [0.717, 1.165) is 37.5 Å². The highest BCUT2D eigenvalue weighted by molar-refractivity contribution is 5.83. The van der Waals surface area contributed by atoms with Crippen molar-refractivity contribution in [3.05, 3.63) is 35.9 Å². The summed E-state index contributed by atoms with van der Waals surface area (Å²) in [7, 11) is 0. The third kappa shape index (κ3) is 3.20. The van der Waals surface area contributed by atoms with Gasteiger partial charge in [0.15, 0.2) is 0 Å². The molecule has 2 aromatic rings. The van der Waals surface area contributed by atoms with Crippen LogP contribution in [0.1, 0.15) is 12.0 Å². The number of aliphatic carboxylic acids is 1. The summed E-state index contributed by atoms with van der Waals surface area (Å²) in [6, 6.07) is 10.4. The van der Waals surface area contributed by atoms with Gasteiger partial charge in [-0.2, -0.15) is 0 Å². The standard InChI is InChI=1S/C17H21N3O2/c1-13-3-2-4-14-5-6-15(18-17(13)14)20-11-9-19(10-12-20)8-7-16(21)22/h2-6H,7-12H2,1H3,(H,21,22). The van der Waals surface area contributed by atoms with Crippen LogP contribution in [-0.2, 0) is 4.79 Å². The summed E-state index contributed by atoms with van der Waals surface area (Å²) in [5, 5.41) is 9.92. The Labute approximate surface area is 130 Å². The van der Waals surface area contributed by atoms with E-state index in [2.05, 4.69) is 47.1 Å². The Morgan fingerprint density at radius 3 is 2.68 bits per heavy atom. The van der Waals surface area contributed by atoms with Gasteiger partial charge in [0.2, 0.25) is 0 Å². The van der Waals surface area contributed by atoms with E-state index in [-0.39, 0.29) is 6.42 Å². The number of rotatable bonds is 4. The maximum Gasteiger partial charge on any atom is 0.304 e. The van der Waals surface area contributed by atoms with Crippen LogP contribution in [0, 0.1) is 6.92 Å². The van der Waals surface area contributed by atoms with Crippen molar-refractivity contribution in [3.63, 3.8) is 0 Å². The molecule has 1 saturated heterocycles. The SMILES string of the molecule is Cc1cccc2ccc(N3CCN(CCC(=O)O)CC3)nc12. The fourth-order valence-electron chi connectivity index (χ4n) is 2.92. The number of hydrogen-bond donors (Lipinski definition) is 1. The van der Waals surface area contributed by atoms with E-state index in [4.69, 9.17) is 10.1 Å². The average Bonchev–Trinajstić information content (AvgIpc) is 2.53. The van der Waals surface area contributed by atoms with Gasteiger partial charge in [-0.15, -0.1) is 0 Å². The van der Waals surface area contributed by atoms with E-state index in [1.807, 2.05) is 0 Å². The first-order valence-electron chi connectivity index (χ1n) is 7.69. The van der Waals surface area contributed by atoms with E-state index in [1.165, 1.54) is 10.9 Å². The monoisotopic (exact) mass is 299 g/mol. The second-order valence-electron chi connectivity index (χ2n) is 5.79. The van der Waals surface area contributed by atoms with E-state index in [0.29, 0.717) is 6.54 Å². The second-order valence-corrected chi connectivity index (χ2v) is 5.79. The largest absolute Gasteiger partial charge is 0.481 e. The highest BCUT2D eigenvalue weighted by Gasteiger charge is 2.18. The van der Waals surface area contributed by atoms with Crippen molar-refractivity contribution in [2.45, 2.75) is 13.3 Å². The third-order valence-electron chi connectivity index (χ3n) is 4.25. The number of pyridine rings is 1. The van der Waals surface area contributed by atoms with Gasteiger partial charge in [-0.25, -0.2) is 4.98 Å². The number of nitrogens with zero attached hydrogens (tertiary/aromatic N) is 3. The summed E-state index contributed by atoms with van der Waals surface area (Å²) < 4.78 is 0. The summed E-state index contributed by atoms with van der Waals surface area (Å²) in [5.74, 6) is 0.286. The van der Waals surface area contributed by atoms with Crippen molar-refractivity contribution in [2.24, 2.45) is 0 Å². The summed E-state index contributed by atoms with van der Waals surface area (Å²) in [4.78, 5) is 19.9. The van der Waals surface area contributed by atoms with Gasteiger partial charge >= 0.3 is 5.97 Å². The number of fused-ring (bicyclic) bond motifs is 1. The van der Waals surface area contributed by atoms with Gasteiger partial charge in [0.1, 0.15) is 5.82 Å². The highest BCUT2D eigenvalue weighted by Crippen LogP contribution is 2.21. The molecule has 1 aromatic carbocycles. The van der Waals surface area contributed by atoms with Crippen LogP contribution in [0.3, 0.4) is 0 Å². The minimum absolute atomic E-state index is 0.216. The zero-order valence-electron chi connectivity index (χ0n) is 12.8. The van der Waals surface area contributed by atoms with Crippen molar-refractivity contribution in [1.82, 2.24) is 9.88 Å². The molecule has 5 heteroatoms. The number of aryl methyl sites for hydroxylation is 1. The Balaban J connectivity index is 1.68. The van der Waals surface area contributed by atoms with Gasteiger partial charge in [0.05, 0.1) is 11.9 Å². The molecule has 0 aliphatic carbocycles. The minimum atomic E-state index is -0.728. The normalized spacial score (nSPS) is 16.1. The maximum atomic E-state index is 10.6. The summed E-state index contributed by atoms with van der Waals surface area (Å²) in [5.41, 5.74) is 2.26. The van der Waals surface area contributed by atoms with E-state index >= 15 is 0 Å². The fourth-order valence-corrected chi connectivity index (χ4v) is 2.92. The lowest BCUT2D eigenvalue weighted by Crippen LogP contribution is -2.47. The predicted molar refractivity (Wildman–Crippen MR) is 87.4 cm³/mol. The molecule has 1 aromatic heterocycles. The molecule has 22 heavy (non-hydrogen) atoms. The van der Waals surface area contributed by atoms with Crippen molar-refractivity contribution in [3.8, 4) is 0 Å². The zero-order chi connectivity index (χ0) is 15.5. The number of carboxylic acids is 1. The molecule has 1 aliphatic rings. The summed E-state index contributed by atoms with van der Waals surface area (Å²) in [6.45, 7) is 6.28. The van der Waals surface area contributed by atoms with Gasteiger partial charge in [-0.1, -0.05) is 18.2 Å². The lowest BCUT2D eigenvalue weighted by atomic mass is 10.1. The van der Waals surface area contributed by atoms with Gasteiger partial charge in [-0.05, 0) is 24.6 Å².